The molecule has 18 heavy (non-hydrogen) atoms. The Labute approximate surface area is 104 Å². The van der Waals surface area contributed by atoms with Crippen LogP contribution in [-0.2, 0) is 6.42 Å². The minimum atomic E-state index is -0.293. The molecule has 1 aliphatic heterocycles. The first-order chi connectivity index (χ1) is 8.78. The summed E-state index contributed by atoms with van der Waals surface area (Å²) in [7, 11) is 0. The molecule has 1 aromatic heterocycles. The molecule has 0 aliphatic carbocycles. The maximum atomic E-state index is 13.2. The summed E-state index contributed by atoms with van der Waals surface area (Å²) in [6.07, 6.45) is 2.78. The van der Waals surface area contributed by atoms with E-state index >= 15 is 0 Å². The smallest absolute Gasteiger partial charge is 0.181 e. The predicted molar refractivity (Wildman–Crippen MR) is 64.5 cm³/mol. The van der Waals surface area contributed by atoms with Crippen LogP contribution in [0.1, 0.15) is 24.7 Å². The summed E-state index contributed by atoms with van der Waals surface area (Å²) in [6, 6.07) is 6.27. The fourth-order valence-electron chi connectivity index (χ4n) is 2.36. The number of hydrogen-bond donors (Lipinski definition) is 1. The first kappa shape index (κ1) is 11.3. The molecule has 0 spiro atoms. The maximum absolute atomic E-state index is 13.2. The van der Waals surface area contributed by atoms with Gasteiger partial charge < -0.3 is 5.11 Å². The van der Waals surface area contributed by atoms with E-state index < -0.39 is 0 Å². The first-order valence-electron chi connectivity index (χ1n) is 6.10. The Morgan fingerprint density at radius 1 is 1.44 bits per heavy atom. The van der Waals surface area contributed by atoms with Crippen molar-refractivity contribution in [1.82, 2.24) is 14.8 Å². The van der Waals surface area contributed by atoms with Gasteiger partial charge in [-0.1, -0.05) is 12.1 Å². The second-order valence-corrected chi connectivity index (χ2v) is 4.54. The summed E-state index contributed by atoms with van der Waals surface area (Å²) in [6.45, 7) is 0.0684. The highest BCUT2D eigenvalue weighted by atomic mass is 19.1. The fourth-order valence-corrected chi connectivity index (χ4v) is 2.36. The van der Waals surface area contributed by atoms with Gasteiger partial charge in [0.1, 0.15) is 11.6 Å². The van der Waals surface area contributed by atoms with Gasteiger partial charge in [-0.3, -0.25) is 0 Å². The number of halogens is 1. The quantitative estimate of drug-likeness (QED) is 0.882. The Bertz CT molecular complexity index is 567. The van der Waals surface area contributed by atoms with Crippen molar-refractivity contribution in [1.29, 1.82) is 0 Å². The van der Waals surface area contributed by atoms with Gasteiger partial charge >= 0.3 is 0 Å². The summed E-state index contributed by atoms with van der Waals surface area (Å²) in [5.74, 6) is 1.11. The Morgan fingerprint density at radius 3 is 3.11 bits per heavy atom. The lowest BCUT2D eigenvalue weighted by Gasteiger charge is -2.20. The zero-order valence-electron chi connectivity index (χ0n) is 9.88. The number of aliphatic hydroxyl groups is 1. The summed E-state index contributed by atoms with van der Waals surface area (Å²) < 4.78 is 15.0. The molecule has 0 saturated carbocycles. The van der Waals surface area contributed by atoms with Crippen molar-refractivity contribution in [3.8, 4) is 11.4 Å². The first-order valence-corrected chi connectivity index (χ1v) is 6.10. The predicted octanol–water partition coefficient (Wildman–Crippen LogP) is 1.95. The van der Waals surface area contributed by atoms with E-state index in [1.54, 1.807) is 16.8 Å². The normalized spacial score (nSPS) is 18.7. The number of hydrogen-bond acceptors (Lipinski definition) is 3. The maximum Gasteiger partial charge on any atom is 0.181 e. The molecule has 1 atom stereocenters. The van der Waals surface area contributed by atoms with E-state index in [1.165, 1.54) is 12.1 Å². The monoisotopic (exact) mass is 247 g/mol. The summed E-state index contributed by atoms with van der Waals surface area (Å²) in [5, 5.41) is 13.7. The van der Waals surface area contributed by atoms with Crippen molar-refractivity contribution in [3.05, 3.63) is 35.9 Å². The van der Waals surface area contributed by atoms with Crippen LogP contribution in [0.25, 0.3) is 11.4 Å². The number of fused-ring (bicyclic) bond motifs is 1. The number of aliphatic hydroxyl groups excluding tert-OH is 1. The lowest BCUT2D eigenvalue weighted by atomic mass is 10.1. The van der Waals surface area contributed by atoms with Gasteiger partial charge in [0.05, 0.1) is 12.6 Å². The average molecular weight is 247 g/mol. The van der Waals surface area contributed by atoms with E-state index in [4.69, 9.17) is 0 Å². The standard InChI is InChI=1S/C13H14FN3O/c14-10-4-1-3-9(7-10)13-15-12-6-2-5-11(8-18)17(12)16-13/h1,3-4,7,11,18H,2,5-6,8H2. The van der Waals surface area contributed by atoms with E-state index in [9.17, 15) is 9.50 Å². The van der Waals surface area contributed by atoms with Crippen molar-refractivity contribution >= 4 is 0 Å². The molecule has 0 radical (unpaired) electrons. The van der Waals surface area contributed by atoms with Crippen molar-refractivity contribution < 1.29 is 9.50 Å². The Hall–Kier alpha value is -1.75. The third-order valence-electron chi connectivity index (χ3n) is 3.28. The van der Waals surface area contributed by atoms with Crippen LogP contribution in [0, 0.1) is 5.82 Å². The van der Waals surface area contributed by atoms with Crippen LogP contribution in [0.15, 0.2) is 24.3 Å². The molecule has 0 amide bonds. The highest BCUT2D eigenvalue weighted by molar-refractivity contribution is 5.54. The van der Waals surface area contributed by atoms with Gasteiger partial charge in [0.2, 0.25) is 0 Å². The molecule has 1 unspecified atom stereocenters. The highest BCUT2D eigenvalue weighted by Gasteiger charge is 2.22. The van der Waals surface area contributed by atoms with E-state index in [-0.39, 0.29) is 18.5 Å². The molecule has 5 heteroatoms. The molecular weight excluding hydrogens is 233 g/mol. The number of aromatic nitrogens is 3. The Balaban J connectivity index is 2.02. The van der Waals surface area contributed by atoms with Gasteiger partial charge in [-0.15, -0.1) is 0 Å². The van der Waals surface area contributed by atoms with Crippen LogP contribution < -0.4 is 0 Å². The molecule has 4 nitrogen and oxygen atoms in total. The zero-order chi connectivity index (χ0) is 12.5. The second-order valence-electron chi connectivity index (χ2n) is 4.54. The Morgan fingerprint density at radius 2 is 2.33 bits per heavy atom. The Kier molecular flexibility index (Phi) is 2.83. The minimum Gasteiger partial charge on any atom is -0.394 e. The van der Waals surface area contributed by atoms with Gasteiger partial charge in [-0.2, -0.15) is 5.10 Å². The van der Waals surface area contributed by atoms with Gasteiger partial charge in [0, 0.05) is 12.0 Å². The van der Waals surface area contributed by atoms with Crippen LogP contribution in [0.5, 0.6) is 0 Å². The van der Waals surface area contributed by atoms with Crippen molar-refractivity contribution in [2.75, 3.05) is 6.61 Å². The molecule has 0 saturated heterocycles. The summed E-state index contributed by atoms with van der Waals surface area (Å²) in [4.78, 5) is 4.43. The minimum absolute atomic E-state index is 0.00330. The lowest BCUT2D eigenvalue weighted by molar-refractivity contribution is 0.195. The average Bonchev–Trinajstić information content (AvgIpc) is 2.82. The number of aryl methyl sites for hydroxylation is 1. The van der Waals surface area contributed by atoms with Gasteiger partial charge in [0.25, 0.3) is 0 Å². The third kappa shape index (κ3) is 1.90. The molecule has 0 bridgehead atoms. The molecule has 2 aromatic rings. The van der Waals surface area contributed by atoms with Crippen LogP contribution in [0.4, 0.5) is 4.39 Å². The van der Waals surface area contributed by atoms with Crippen LogP contribution in [-0.4, -0.2) is 26.5 Å². The molecule has 1 aliphatic rings. The molecule has 2 heterocycles. The fraction of sp³-hybridized carbons (Fsp3) is 0.385. The van der Waals surface area contributed by atoms with E-state index in [2.05, 4.69) is 10.1 Å². The third-order valence-corrected chi connectivity index (χ3v) is 3.28. The highest BCUT2D eigenvalue weighted by Crippen LogP contribution is 2.25. The molecule has 1 N–H and O–H groups in total. The molecule has 0 fully saturated rings. The number of rotatable bonds is 2. The van der Waals surface area contributed by atoms with Gasteiger partial charge in [0.15, 0.2) is 5.82 Å². The largest absolute Gasteiger partial charge is 0.394 e. The zero-order valence-corrected chi connectivity index (χ0v) is 9.88. The van der Waals surface area contributed by atoms with E-state index in [0.29, 0.717) is 11.4 Å². The van der Waals surface area contributed by atoms with Crippen LogP contribution in [0.2, 0.25) is 0 Å². The van der Waals surface area contributed by atoms with Gasteiger partial charge in [-0.25, -0.2) is 14.1 Å². The molecule has 94 valence electrons. The van der Waals surface area contributed by atoms with Crippen molar-refractivity contribution in [2.24, 2.45) is 0 Å². The number of nitrogens with zero attached hydrogens (tertiary/aromatic N) is 3. The summed E-state index contributed by atoms with van der Waals surface area (Å²) in [5.41, 5.74) is 0.675. The van der Waals surface area contributed by atoms with Crippen LogP contribution >= 0.6 is 0 Å². The summed E-state index contributed by atoms with van der Waals surface area (Å²) >= 11 is 0. The lowest BCUT2D eigenvalue weighted by Crippen LogP contribution is -2.21. The van der Waals surface area contributed by atoms with Gasteiger partial charge in [-0.05, 0) is 25.0 Å². The second kappa shape index (κ2) is 4.49. The molecule has 3 rings (SSSR count). The van der Waals surface area contributed by atoms with E-state index in [1.807, 2.05) is 0 Å². The van der Waals surface area contributed by atoms with Crippen molar-refractivity contribution in [3.63, 3.8) is 0 Å². The molecular formula is C13H14FN3O. The van der Waals surface area contributed by atoms with Crippen molar-refractivity contribution in [2.45, 2.75) is 25.3 Å². The number of benzene rings is 1. The van der Waals surface area contributed by atoms with E-state index in [0.717, 1.165) is 25.1 Å². The topological polar surface area (TPSA) is 50.9 Å². The SMILES string of the molecule is OCC1CCCc2nc(-c3cccc(F)c3)nn21. The molecule has 1 aromatic carbocycles. The van der Waals surface area contributed by atoms with Crippen LogP contribution in [0.3, 0.4) is 0 Å².